The van der Waals surface area contributed by atoms with Gasteiger partial charge in [-0.15, -0.1) is 0 Å². The minimum absolute atomic E-state index is 0.00128. The molecular formula is C30H25ClN2O3S. The Morgan fingerprint density at radius 3 is 2.08 bits per heavy atom. The second kappa shape index (κ2) is 10.6. The van der Waals surface area contributed by atoms with Crippen LogP contribution in [-0.4, -0.2) is 18.9 Å². The molecule has 1 heterocycles. The lowest BCUT2D eigenvalue weighted by molar-refractivity contribution is -0.119. The van der Waals surface area contributed by atoms with E-state index in [2.05, 4.69) is 0 Å². The van der Waals surface area contributed by atoms with Gasteiger partial charge in [-0.2, -0.15) is 0 Å². The molecule has 7 heteroatoms. The average Bonchev–Trinajstić information content (AvgIpc) is 3.29. The molecule has 4 aromatic carbocycles. The van der Waals surface area contributed by atoms with E-state index in [1.165, 1.54) is 0 Å². The minimum Gasteiger partial charge on any atom is -0.337 e. The zero-order valence-corrected chi connectivity index (χ0v) is 21.6. The highest BCUT2D eigenvalue weighted by atomic mass is 35.5. The van der Waals surface area contributed by atoms with Crippen molar-refractivity contribution in [1.29, 1.82) is 0 Å². The number of para-hydroxylation sites is 2. The van der Waals surface area contributed by atoms with Crippen molar-refractivity contribution in [1.82, 2.24) is 4.57 Å². The lowest BCUT2D eigenvalue weighted by Crippen LogP contribution is -2.33. The Balaban J connectivity index is 1.49. The van der Waals surface area contributed by atoms with Crippen molar-refractivity contribution >= 4 is 43.9 Å². The Morgan fingerprint density at radius 2 is 1.38 bits per heavy atom. The molecule has 0 unspecified atom stereocenters. The number of amides is 1. The number of nitrogens with zero attached hydrogens (tertiary/aromatic N) is 2. The van der Waals surface area contributed by atoms with Gasteiger partial charge in [0.1, 0.15) is 6.54 Å². The molecule has 0 radical (unpaired) electrons. The summed E-state index contributed by atoms with van der Waals surface area (Å²) < 4.78 is 28.6. The highest BCUT2D eigenvalue weighted by Crippen LogP contribution is 2.29. The number of fused-ring (bicyclic) bond motifs is 1. The van der Waals surface area contributed by atoms with Crippen LogP contribution in [-0.2, 0) is 33.5 Å². The van der Waals surface area contributed by atoms with Crippen LogP contribution in [0.3, 0.4) is 0 Å². The number of hydrogen-bond acceptors (Lipinski definition) is 3. The monoisotopic (exact) mass is 528 g/mol. The highest BCUT2D eigenvalue weighted by molar-refractivity contribution is 7.90. The van der Waals surface area contributed by atoms with Gasteiger partial charge >= 0.3 is 0 Å². The van der Waals surface area contributed by atoms with Gasteiger partial charge in [-0.25, -0.2) is 8.42 Å². The number of sulfone groups is 1. The molecule has 186 valence electrons. The Bertz CT molecular complexity index is 1630. The standard InChI is InChI=1S/C30H25ClN2O3S/c31-25-17-15-24(16-18-25)22-37(35,36)29-20-32(28-14-8-7-13-27(28)29)21-30(34)33(26-11-5-2-6-12-26)19-23-9-3-1-4-10-23/h1-18,20H,19,21-22H2. The molecule has 5 rings (SSSR count). The quantitative estimate of drug-likeness (QED) is 0.231. The topological polar surface area (TPSA) is 59.4 Å². The molecule has 1 aromatic heterocycles. The predicted octanol–water partition coefficient (Wildman–Crippen LogP) is 6.50. The van der Waals surface area contributed by atoms with Crippen molar-refractivity contribution in [3.63, 3.8) is 0 Å². The van der Waals surface area contributed by atoms with Crippen LogP contribution >= 0.6 is 11.6 Å². The summed E-state index contributed by atoms with van der Waals surface area (Å²) in [5.74, 6) is -0.298. The van der Waals surface area contributed by atoms with Gasteiger partial charge in [-0.05, 0) is 41.5 Å². The number of rotatable bonds is 8. The normalized spacial score (nSPS) is 11.5. The third kappa shape index (κ3) is 5.61. The summed E-state index contributed by atoms with van der Waals surface area (Å²) in [5.41, 5.74) is 3.13. The molecule has 0 aliphatic rings. The summed E-state index contributed by atoms with van der Waals surface area (Å²) in [6.45, 7) is 0.406. The molecule has 0 fully saturated rings. The number of anilines is 1. The lowest BCUT2D eigenvalue weighted by Gasteiger charge is -2.23. The van der Waals surface area contributed by atoms with Crippen LogP contribution in [0.4, 0.5) is 5.69 Å². The molecular weight excluding hydrogens is 504 g/mol. The van der Waals surface area contributed by atoms with Crippen molar-refractivity contribution in [3.05, 3.63) is 132 Å². The number of hydrogen-bond donors (Lipinski definition) is 0. The van der Waals surface area contributed by atoms with Crippen LogP contribution in [0.25, 0.3) is 10.9 Å². The van der Waals surface area contributed by atoms with Gasteiger partial charge in [-0.1, -0.05) is 90.5 Å². The van der Waals surface area contributed by atoms with Gasteiger partial charge in [0.2, 0.25) is 5.91 Å². The van der Waals surface area contributed by atoms with Crippen LogP contribution in [0.15, 0.2) is 120 Å². The van der Waals surface area contributed by atoms with Gasteiger partial charge in [-0.3, -0.25) is 4.79 Å². The second-order valence-electron chi connectivity index (χ2n) is 8.82. The smallest absolute Gasteiger partial charge is 0.247 e. The van der Waals surface area contributed by atoms with E-state index in [9.17, 15) is 13.2 Å². The summed E-state index contributed by atoms with van der Waals surface area (Å²) in [6, 6.07) is 33.4. The fourth-order valence-corrected chi connectivity index (χ4v) is 6.11. The van der Waals surface area contributed by atoms with Crippen molar-refractivity contribution in [3.8, 4) is 0 Å². The Morgan fingerprint density at radius 1 is 0.757 bits per heavy atom. The zero-order valence-electron chi connectivity index (χ0n) is 20.0. The SMILES string of the molecule is O=C(Cn1cc(S(=O)(=O)Cc2ccc(Cl)cc2)c2ccccc21)N(Cc1ccccc1)c1ccccc1. The first-order chi connectivity index (χ1) is 17.9. The van der Waals surface area contributed by atoms with Gasteiger partial charge in [0.25, 0.3) is 0 Å². The Kier molecular flexibility index (Phi) is 7.12. The average molecular weight is 529 g/mol. The predicted molar refractivity (Wildman–Crippen MR) is 148 cm³/mol. The fourth-order valence-electron chi connectivity index (χ4n) is 4.40. The Labute approximate surface area is 221 Å². The van der Waals surface area contributed by atoms with Gasteiger partial charge in [0.15, 0.2) is 9.84 Å². The van der Waals surface area contributed by atoms with E-state index >= 15 is 0 Å². The summed E-state index contributed by atoms with van der Waals surface area (Å²) in [6.07, 6.45) is 1.58. The molecule has 0 aliphatic heterocycles. The van der Waals surface area contributed by atoms with Crippen LogP contribution in [0.1, 0.15) is 11.1 Å². The van der Waals surface area contributed by atoms with Crippen LogP contribution in [0.2, 0.25) is 5.02 Å². The highest BCUT2D eigenvalue weighted by Gasteiger charge is 2.24. The van der Waals surface area contributed by atoms with Crippen LogP contribution in [0.5, 0.6) is 0 Å². The van der Waals surface area contributed by atoms with E-state index in [0.717, 1.165) is 11.3 Å². The van der Waals surface area contributed by atoms with Crippen molar-refractivity contribution < 1.29 is 13.2 Å². The third-order valence-corrected chi connectivity index (χ3v) is 8.18. The minimum atomic E-state index is -3.68. The molecule has 1 amide bonds. The first kappa shape index (κ1) is 24.8. The first-order valence-electron chi connectivity index (χ1n) is 11.9. The number of benzene rings is 4. The third-order valence-electron chi connectivity index (χ3n) is 6.22. The Hall–Kier alpha value is -3.87. The van der Waals surface area contributed by atoms with E-state index in [1.807, 2.05) is 78.9 Å². The fraction of sp³-hybridized carbons (Fsp3) is 0.100. The molecule has 5 aromatic rings. The van der Waals surface area contributed by atoms with Crippen molar-refractivity contribution in [2.45, 2.75) is 23.7 Å². The number of carbonyl (C=O) groups is 1. The van der Waals surface area contributed by atoms with Gasteiger partial charge in [0.05, 0.1) is 17.2 Å². The lowest BCUT2D eigenvalue weighted by atomic mass is 10.2. The molecule has 0 N–H and O–H groups in total. The molecule has 37 heavy (non-hydrogen) atoms. The molecule has 0 saturated heterocycles. The van der Waals surface area contributed by atoms with E-state index in [1.54, 1.807) is 46.0 Å². The maximum absolute atomic E-state index is 13.7. The summed E-state index contributed by atoms with van der Waals surface area (Å²) in [7, 11) is -3.68. The number of aromatic nitrogens is 1. The summed E-state index contributed by atoms with van der Waals surface area (Å²) in [5, 5.41) is 1.15. The first-order valence-corrected chi connectivity index (χ1v) is 13.9. The van der Waals surface area contributed by atoms with Gasteiger partial charge in [0, 0.05) is 27.8 Å². The van der Waals surface area contributed by atoms with Crippen molar-refractivity contribution in [2.75, 3.05) is 4.90 Å². The largest absolute Gasteiger partial charge is 0.337 e. The van der Waals surface area contributed by atoms with Gasteiger partial charge < -0.3 is 9.47 Å². The van der Waals surface area contributed by atoms with E-state index in [0.29, 0.717) is 28.0 Å². The maximum Gasteiger partial charge on any atom is 0.247 e. The molecule has 5 nitrogen and oxygen atoms in total. The van der Waals surface area contributed by atoms with E-state index in [-0.39, 0.29) is 23.1 Å². The summed E-state index contributed by atoms with van der Waals surface area (Å²) >= 11 is 5.96. The molecule has 0 saturated carbocycles. The number of halogens is 1. The van der Waals surface area contributed by atoms with Crippen molar-refractivity contribution in [2.24, 2.45) is 0 Å². The molecule has 0 bridgehead atoms. The zero-order chi connectivity index (χ0) is 25.8. The molecule has 0 atom stereocenters. The van der Waals surface area contributed by atoms with E-state index in [4.69, 9.17) is 11.6 Å². The maximum atomic E-state index is 13.7. The molecule has 0 spiro atoms. The molecule has 0 aliphatic carbocycles. The summed E-state index contributed by atoms with van der Waals surface area (Å²) in [4.78, 5) is 15.6. The van der Waals surface area contributed by atoms with E-state index < -0.39 is 9.84 Å². The second-order valence-corrected chi connectivity index (χ2v) is 11.2. The number of carbonyl (C=O) groups excluding carboxylic acids is 1. The van der Waals surface area contributed by atoms with Crippen LogP contribution in [0, 0.1) is 0 Å². The van der Waals surface area contributed by atoms with Crippen LogP contribution < -0.4 is 4.90 Å².